The molecular weight excluding hydrogens is 296 g/mol. The second kappa shape index (κ2) is 6.27. The minimum atomic E-state index is -0.543. The van der Waals surface area contributed by atoms with E-state index in [4.69, 9.17) is 4.42 Å². The molecule has 116 valence electrons. The fourth-order valence-electron chi connectivity index (χ4n) is 2.13. The van der Waals surface area contributed by atoms with Gasteiger partial charge in [0.25, 0.3) is 0 Å². The standard InChI is InChI=1S/C16H14N4O3/c1-10-2-4-11(5-3-10)8-15-12(6-7-23-15)13(21)9-14(22)16-17-19-20-18-16/h2-7,9,21H,8H2,1H3,(H,17,18,19,20). The topological polar surface area (TPSA) is 105 Å². The molecule has 0 radical (unpaired) electrons. The molecule has 0 spiro atoms. The fourth-order valence-corrected chi connectivity index (χ4v) is 2.13. The highest BCUT2D eigenvalue weighted by Crippen LogP contribution is 2.22. The molecule has 7 nitrogen and oxygen atoms in total. The summed E-state index contributed by atoms with van der Waals surface area (Å²) in [6.45, 7) is 2.01. The zero-order valence-electron chi connectivity index (χ0n) is 12.4. The quantitative estimate of drug-likeness (QED) is 0.426. The van der Waals surface area contributed by atoms with E-state index in [1.807, 2.05) is 31.2 Å². The van der Waals surface area contributed by atoms with Gasteiger partial charge in [-0.1, -0.05) is 29.8 Å². The van der Waals surface area contributed by atoms with Gasteiger partial charge in [-0.3, -0.25) is 4.79 Å². The second-order valence-electron chi connectivity index (χ2n) is 5.05. The highest BCUT2D eigenvalue weighted by Gasteiger charge is 2.15. The zero-order valence-corrected chi connectivity index (χ0v) is 12.4. The van der Waals surface area contributed by atoms with Gasteiger partial charge in [-0.25, -0.2) is 0 Å². The second-order valence-corrected chi connectivity index (χ2v) is 5.05. The molecule has 0 aliphatic carbocycles. The number of tetrazole rings is 1. The first-order valence-corrected chi connectivity index (χ1v) is 6.94. The Bertz CT molecular complexity index is 833. The van der Waals surface area contributed by atoms with Crippen molar-refractivity contribution in [1.29, 1.82) is 0 Å². The predicted molar refractivity (Wildman–Crippen MR) is 81.8 cm³/mol. The molecule has 0 saturated heterocycles. The van der Waals surface area contributed by atoms with E-state index in [-0.39, 0.29) is 11.6 Å². The molecule has 2 aromatic heterocycles. The summed E-state index contributed by atoms with van der Waals surface area (Å²) >= 11 is 0. The Morgan fingerprint density at radius 2 is 2.09 bits per heavy atom. The number of carbonyl (C=O) groups excluding carboxylic acids is 1. The van der Waals surface area contributed by atoms with Crippen LogP contribution >= 0.6 is 0 Å². The number of nitrogens with one attached hydrogen (secondary N) is 1. The van der Waals surface area contributed by atoms with Gasteiger partial charge in [-0.2, -0.15) is 5.21 Å². The fraction of sp³-hybridized carbons (Fsp3) is 0.125. The molecule has 0 saturated carbocycles. The van der Waals surface area contributed by atoms with Gasteiger partial charge in [0.1, 0.15) is 11.5 Å². The summed E-state index contributed by atoms with van der Waals surface area (Å²) in [7, 11) is 0. The zero-order chi connectivity index (χ0) is 16.2. The number of nitrogens with zero attached hydrogens (tertiary/aromatic N) is 3. The minimum absolute atomic E-state index is 0.111. The smallest absolute Gasteiger partial charge is 0.244 e. The summed E-state index contributed by atoms with van der Waals surface area (Å²) in [5.74, 6) is -0.280. The molecule has 3 aromatic rings. The maximum absolute atomic E-state index is 11.9. The van der Waals surface area contributed by atoms with Crippen LogP contribution < -0.4 is 0 Å². The number of carbonyl (C=O) groups is 1. The average Bonchev–Trinajstić information content (AvgIpc) is 3.20. The molecule has 7 heteroatoms. The average molecular weight is 310 g/mol. The summed E-state index contributed by atoms with van der Waals surface area (Å²) in [5.41, 5.74) is 2.67. The molecule has 0 unspecified atom stereocenters. The van der Waals surface area contributed by atoms with Crippen LogP contribution in [0.5, 0.6) is 0 Å². The van der Waals surface area contributed by atoms with Gasteiger partial charge in [0, 0.05) is 12.5 Å². The third-order valence-electron chi connectivity index (χ3n) is 3.34. The summed E-state index contributed by atoms with van der Waals surface area (Å²) in [6, 6.07) is 9.61. The van der Waals surface area contributed by atoms with Crippen molar-refractivity contribution in [2.75, 3.05) is 0 Å². The van der Waals surface area contributed by atoms with E-state index in [1.165, 1.54) is 11.8 Å². The van der Waals surface area contributed by atoms with Crippen molar-refractivity contribution in [3.05, 3.63) is 70.9 Å². The molecule has 3 rings (SSSR count). The van der Waals surface area contributed by atoms with E-state index < -0.39 is 5.78 Å². The van der Waals surface area contributed by atoms with Gasteiger partial charge in [0.15, 0.2) is 0 Å². The maximum Gasteiger partial charge on any atom is 0.244 e. The first-order valence-electron chi connectivity index (χ1n) is 6.94. The molecule has 2 N–H and O–H groups in total. The van der Waals surface area contributed by atoms with Gasteiger partial charge in [-0.15, -0.1) is 10.2 Å². The van der Waals surface area contributed by atoms with Gasteiger partial charge in [0.05, 0.1) is 11.8 Å². The van der Waals surface area contributed by atoms with E-state index >= 15 is 0 Å². The molecule has 0 fully saturated rings. The number of furan rings is 1. The van der Waals surface area contributed by atoms with Crippen LogP contribution in [-0.4, -0.2) is 31.5 Å². The van der Waals surface area contributed by atoms with Crippen molar-refractivity contribution in [2.45, 2.75) is 13.3 Å². The van der Waals surface area contributed by atoms with Gasteiger partial charge < -0.3 is 9.52 Å². The van der Waals surface area contributed by atoms with E-state index in [2.05, 4.69) is 20.6 Å². The number of hydrogen-bond donors (Lipinski definition) is 2. The van der Waals surface area contributed by atoms with Crippen LogP contribution in [0, 0.1) is 6.92 Å². The summed E-state index contributed by atoms with van der Waals surface area (Å²) < 4.78 is 5.43. The van der Waals surface area contributed by atoms with Crippen LogP contribution in [-0.2, 0) is 6.42 Å². The van der Waals surface area contributed by atoms with Gasteiger partial charge in [0.2, 0.25) is 11.6 Å². The lowest BCUT2D eigenvalue weighted by Crippen LogP contribution is -2.00. The maximum atomic E-state index is 11.9. The number of allylic oxidation sites excluding steroid dienone is 1. The number of aryl methyl sites for hydroxylation is 1. The van der Waals surface area contributed by atoms with Crippen molar-refractivity contribution in [2.24, 2.45) is 0 Å². The number of aliphatic hydroxyl groups is 1. The highest BCUT2D eigenvalue weighted by molar-refractivity contribution is 6.05. The summed E-state index contributed by atoms with van der Waals surface area (Å²) in [4.78, 5) is 11.9. The molecule has 0 atom stereocenters. The third-order valence-corrected chi connectivity index (χ3v) is 3.34. The number of hydrogen-bond acceptors (Lipinski definition) is 6. The van der Waals surface area contributed by atoms with Crippen LogP contribution in [0.1, 0.15) is 33.1 Å². The molecular formula is C16H14N4O3. The summed E-state index contributed by atoms with van der Waals surface area (Å²) in [5, 5.41) is 22.8. The van der Waals surface area contributed by atoms with Crippen molar-refractivity contribution in [3.63, 3.8) is 0 Å². The monoisotopic (exact) mass is 310 g/mol. The van der Waals surface area contributed by atoms with Gasteiger partial charge in [-0.05, 0) is 23.8 Å². The summed E-state index contributed by atoms with van der Waals surface area (Å²) in [6.07, 6.45) is 3.03. The third kappa shape index (κ3) is 3.34. The molecule has 23 heavy (non-hydrogen) atoms. The largest absolute Gasteiger partial charge is 0.507 e. The van der Waals surface area contributed by atoms with Crippen LogP contribution in [0.15, 0.2) is 47.1 Å². The Kier molecular flexibility index (Phi) is 4.01. The molecule has 2 heterocycles. The minimum Gasteiger partial charge on any atom is -0.507 e. The number of aliphatic hydroxyl groups excluding tert-OH is 1. The first-order chi connectivity index (χ1) is 11.1. The Labute approximate surface area is 131 Å². The van der Waals surface area contributed by atoms with E-state index in [1.54, 1.807) is 6.07 Å². The number of ketones is 1. The Hall–Kier alpha value is -3.22. The number of rotatable bonds is 5. The highest BCUT2D eigenvalue weighted by atomic mass is 16.3. The van der Waals surface area contributed by atoms with Crippen molar-refractivity contribution < 1.29 is 14.3 Å². The SMILES string of the molecule is Cc1ccc(Cc2occc2C(O)=CC(=O)c2nn[nH]n2)cc1. The van der Waals surface area contributed by atoms with Crippen LogP contribution in [0.4, 0.5) is 0 Å². The number of benzene rings is 1. The lowest BCUT2D eigenvalue weighted by molar-refractivity contribution is 0.103. The van der Waals surface area contributed by atoms with Crippen LogP contribution in [0.25, 0.3) is 5.76 Å². The molecule has 0 aliphatic rings. The lowest BCUT2D eigenvalue weighted by atomic mass is 10.0. The number of H-pyrrole nitrogens is 1. The molecule has 1 aromatic carbocycles. The van der Waals surface area contributed by atoms with Gasteiger partial charge >= 0.3 is 0 Å². The van der Waals surface area contributed by atoms with Crippen molar-refractivity contribution >= 4 is 11.5 Å². The lowest BCUT2D eigenvalue weighted by Gasteiger charge is -2.03. The van der Waals surface area contributed by atoms with Crippen molar-refractivity contribution in [1.82, 2.24) is 20.6 Å². The van der Waals surface area contributed by atoms with E-state index in [0.29, 0.717) is 17.7 Å². The molecule has 0 amide bonds. The number of aromatic amines is 1. The Balaban J connectivity index is 1.82. The van der Waals surface area contributed by atoms with E-state index in [0.717, 1.165) is 11.6 Å². The van der Waals surface area contributed by atoms with Crippen LogP contribution in [0.2, 0.25) is 0 Å². The van der Waals surface area contributed by atoms with Crippen LogP contribution in [0.3, 0.4) is 0 Å². The Morgan fingerprint density at radius 1 is 1.30 bits per heavy atom. The predicted octanol–water partition coefficient (Wildman–Crippen LogP) is 2.47. The molecule has 0 aliphatic heterocycles. The normalized spacial score (nSPS) is 11.6. The number of aromatic nitrogens is 4. The van der Waals surface area contributed by atoms with Crippen molar-refractivity contribution in [3.8, 4) is 0 Å². The van der Waals surface area contributed by atoms with E-state index in [9.17, 15) is 9.90 Å². The first kappa shape index (κ1) is 14.7. The molecule has 0 bridgehead atoms. The Morgan fingerprint density at radius 3 is 2.78 bits per heavy atom.